The molecule has 1 aromatic heterocycles. The van der Waals surface area contributed by atoms with Crippen LogP contribution < -0.4 is 10.6 Å². The van der Waals surface area contributed by atoms with Gasteiger partial charge in [0, 0.05) is 24.8 Å². The van der Waals surface area contributed by atoms with Gasteiger partial charge in [0.2, 0.25) is 0 Å². The van der Waals surface area contributed by atoms with Crippen LogP contribution in [0.25, 0.3) is 0 Å². The van der Waals surface area contributed by atoms with Gasteiger partial charge in [0.25, 0.3) is 0 Å². The van der Waals surface area contributed by atoms with E-state index < -0.39 is 0 Å². The first kappa shape index (κ1) is 11.4. The zero-order chi connectivity index (χ0) is 11.5. The monoisotopic (exact) mass is 219 g/mol. The summed E-state index contributed by atoms with van der Waals surface area (Å²) in [6, 6.07) is 4.81. The van der Waals surface area contributed by atoms with Crippen LogP contribution in [-0.2, 0) is 6.54 Å². The quantitative estimate of drug-likeness (QED) is 0.829. The van der Waals surface area contributed by atoms with Crippen LogP contribution in [0.5, 0.6) is 0 Å². The predicted molar refractivity (Wildman–Crippen MR) is 67.5 cm³/mol. The van der Waals surface area contributed by atoms with Crippen molar-refractivity contribution in [1.82, 2.24) is 4.98 Å². The van der Waals surface area contributed by atoms with Gasteiger partial charge in [-0.15, -0.1) is 0 Å². The van der Waals surface area contributed by atoms with Gasteiger partial charge < -0.3 is 10.6 Å². The second-order valence-electron chi connectivity index (χ2n) is 4.72. The third-order valence-electron chi connectivity index (χ3n) is 3.33. The number of pyridine rings is 1. The Morgan fingerprint density at radius 3 is 2.94 bits per heavy atom. The van der Waals surface area contributed by atoms with Gasteiger partial charge >= 0.3 is 0 Å². The Bertz CT molecular complexity index is 362. The highest BCUT2D eigenvalue weighted by molar-refractivity contribution is 5.44. The zero-order valence-electron chi connectivity index (χ0n) is 10.2. The van der Waals surface area contributed by atoms with Gasteiger partial charge in [-0.2, -0.15) is 0 Å². The maximum atomic E-state index is 5.71. The number of nitrogens with two attached hydrogens (primary N) is 1. The highest BCUT2D eigenvalue weighted by atomic mass is 15.2. The minimum absolute atomic E-state index is 0.596. The molecule has 0 aliphatic carbocycles. The van der Waals surface area contributed by atoms with Crippen LogP contribution in [0, 0.1) is 6.92 Å². The molecular formula is C13H21N3. The van der Waals surface area contributed by atoms with E-state index in [1.807, 2.05) is 6.92 Å². The Hall–Kier alpha value is -1.09. The Balaban J connectivity index is 2.27. The van der Waals surface area contributed by atoms with Crippen LogP contribution in [0.1, 0.15) is 37.4 Å². The second-order valence-corrected chi connectivity index (χ2v) is 4.72. The molecule has 1 unspecified atom stereocenters. The second kappa shape index (κ2) is 4.83. The molecule has 0 spiro atoms. The molecule has 2 heterocycles. The fourth-order valence-corrected chi connectivity index (χ4v) is 2.42. The molecule has 1 atom stereocenters. The molecule has 3 nitrogen and oxygen atoms in total. The molecule has 1 aromatic rings. The van der Waals surface area contributed by atoms with Crippen molar-refractivity contribution in [3.8, 4) is 0 Å². The van der Waals surface area contributed by atoms with E-state index in [1.54, 1.807) is 0 Å². The van der Waals surface area contributed by atoms with E-state index in [9.17, 15) is 0 Å². The van der Waals surface area contributed by atoms with Gasteiger partial charge in [-0.25, -0.2) is 4.98 Å². The van der Waals surface area contributed by atoms with Crippen LogP contribution in [0.2, 0.25) is 0 Å². The van der Waals surface area contributed by atoms with Gasteiger partial charge in [-0.05, 0) is 50.8 Å². The smallest absolute Gasteiger partial charge is 0.129 e. The largest absolute Gasteiger partial charge is 0.354 e. The first-order valence-corrected chi connectivity index (χ1v) is 6.15. The summed E-state index contributed by atoms with van der Waals surface area (Å²) in [5.74, 6) is 1.10. The summed E-state index contributed by atoms with van der Waals surface area (Å²) >= 11 is 0. The van der Waals surface area contributed by atoms with Crippen molar-refractivity contribution >= 4 is 5.82 Å². The number of aryl methyl sites for hydroxylation is 1. The van der Waals surface area contributed by atoms with Crippen molar-refractivity contribution in [1.29, 1.82) is 0 Å². The van der Waals surface area contributed by atoms with Crippen molar-refractivity contribution in [2.75, 3.05) is 11.4 Å². The highest BCUT2D eigenvalue weighted by Crippen LogP contribution is 2.24. The molecule has 0 radical (unpaired) electrons. The van der Waals surface area contributed by atoms with Gasteiger partial charge in [0.05, 0.1) is 0 Å². The molecule has 1 aliphatic heterocycles. The summed E-state index contributed by atoms with van der Waals surface area (Å²) in [4.78, 5) is 7.04. The maximum absolute atomic E-state index is 5.71. The molecule has 2 rings (SSSR count). The first-order chi connectivity index (χ1) is 7.70. The van der Waals surface area contributed by atoms with E-state index in [0.717, 1.165) is 18.1 Å². The summed E-state index contributed by atoms with van der Waals surface area (Å²) < 4.78 is 0. The SMILES string of the molecule is Cc1cc(CN)cc(N2CCCCC2C)n1. The lowest BCUT2D eigenvalue weighted by molar-refractivity contribution is 0.481. The van der Waals surface area contributed by atoms with Gasteiger partial charge in [-0.1, -0.05) is 0 Å². The van der Waals surface area contributed by atoms with Crippen molar-refractivity contribution in [2.45, 2.75) is 45.7 Å². The molecule has 1 fully saturated rings. The van der Waals surface area contributed by atoms with Gasteiger partial charge in [-0.3, -0.25) is 0 Å². The van der Waals surface area contributed by atoms with Crippen LogP contribution in [0.3, 0.4) is 0 Å². The predicted octanol–water partition coefficient (Wildman–Crippen LogP) is 2.23. The van der Waals surface area contributed by atoms with E-state index in [1.165, 1.54) is 24.8 Å². The fourth-order valence-electron chi connectivity index (χ4n) is 2.42. The topological polar surface area (TPSA) is 42.1 Å². The van der Waals surface area contributed by atoms with Crippen molar-refractivity contribution < 1.29 is 0 Å². The summed E-state index contributed by atoms with van der Waals surface area (Å²) in [5.41, 5.74) is 7.95. The average Bonchev–Trinajstić information content (AvgIpc) is 2.28. The number of hydrogen-bond donors (Lipinski definition) is 1. The molecule has 0 amide bonds. The number of hydrogen-bond acceptors (Lipinski definition) is 3. The average molecular weight is 219 g/mol. The standard InChI is InChI=1S/C13H21N3/c1-10-7-12(9-14)8-13(15-10)16-6-4-3-5-11(16)2/h7-8,11H,3-6,9,14H2,1-2H3. The van der Waals surface area contributed by atoms with Crippen molar-refractivity contribution in [3.63, 3.8) is 0 Å². The van der Waals surface area contributed by atoms with Crippen molar-refractivity contribution in [3.05, 3.63) is 23.4 Å². The molecule has 1 aliphatic rings. The fraction of sp³-hybridized carbons (Fsp3) is 0.615. The normalized spacial score (nSPS) is 21.2. The van der Waals surface area contributed by atoms with Crippen molar-refractivity contribution in [2.24, 2.45) is 5.73 Å². The third-order valence-corrected chi connectivity index (χ3v) is 3.33. The summed E-state index contributed by atoms with van der Waals surface area (Å²) in [7, 11) is 0. The number of rotatable bonds is 2. The number of anilines is 1. The minimum Gasteiger partial charge on any atom is -0.354 e. The molecule has 2 N–H and O–H groups in total. The molecule has 0 saturated carbocycles. The zero-order valence-corrected chi connectivity index (χ0v) is 10.2. The van der Waals surface area contributed by atoms with E-state index in [2.05, 4.69) is 28.9 Å². The Kier molecular flexibility index (Phi) is 3.44. The lowest BCUT2D eigenvalue weighted by Gasteiger charge is -2.34. The third kappa shape index (κ3) is 2.35. The summed E-state index contributed by atoms with van der Waals surface area (Å²) in [6.45, 7) is 6.04. The van der Waals surface area contributed by atoms with E-state index in [4.69, 9.17) is 5.73 Å². The lowest BCUT2D eigenvalue weighted by atomic mass is 10.0. The molecule has 0 bridgehead atoms. The first-order valence-electron chi connectivity index (χ1n) is 6.15. The van der Waals surface area contributed by atoms with Gasteiger partial charge in [0.15, 0.2) is 0 Å². The summed E-state index contributed by atoms with van der Waals surface area (Å²) in [6.07, 6.45) is 3.89. The summed E-state index contributed by atoms with van der Waals surface area (Å²) in [5, 5.41) is 0. The van der Waals surface area contributed by atoms with E-state index in [0.29, 0.717) is 12.6 Å². The Labute approximate surface area is 97.7 Å². The molecule has 88 valence electrons. The van der Waals surface area contributed by atoms with Crippen LogP contribution in [0.15, 0.2) is 12.1 Å². The minimum atomic E-state index is 0.596. The Morgan fingerprint density at radius 2 is 2.25 bits per heavy atom. The number of piperidine rings is 1. The van der Waals surface area contributed by atoms with Gasteiger partial charge in [0.1, 0.15) is 5.82 Å². The van der Waals surface area contributed by atoms with Crippen LogP contribution in [0.4, 0.5) is 5.82 Å². The van der Waals surface area contributed by atoms with E-state index >= 15 is 0 Å². The lowest BCUT2D eigenvalue weighted by Crippen LogP contribution is -2.38. The number of aromatic nitrogens is 1. The molecule has 16 heavy (non-hydrogen) atoms. The van der Waals surface area contributed by atoms with Crippen LogP contribution in [-0.4, -0.2) is 17.6 Å². The highest BCUT2D eigenvalue weighted by Gasteiger charge is 2.19. The van der Waals surface area contributed by atoms with Crippen LogP contribution >= 0.6 is 0 Å². The van der Waals surface area contributed by atoms with E-state index in [-0.39, 0.29) is 0 Å². The molecule has 3 heteroatoms. The number of nitrogens with zero attached hydrogens (tertiary/aromatic N) is 2. The Morgan fingerprint density at radius 1 is 1.44 bits per heavy atom. The molecular weight excluding hydrogens is 198 g/mol. The molecule has 1 saturated heterocycles. The molecule has 0 aromatic carbocycles. The maximum Gasteiger partial charge on any atom is 0.129 e.